The summed E-state index contributed by atoms with van der Waals surface area (Å²) in [4.78, 5) is 108. The molecule has 0 fully saturated rings. The zero-order valence-corrected chi connectivity index (χ0v) is 50.0. The molecule has 6 radical (unpaired) electrons. The third kappa shape index (κ3) is 28.6. The quantitative estimate of drug-likeness (QED) is 0.0391. The molecule has 76 heavy (non-hydrogen) atoms. The maximum atomic E-state index is 10.5. The van der Waals surface area contributed by atoms with E-state index in [2.05, 4.69) is 62.4 Å². The van der Waals surface area contributed by atoms with Gasteiger partial charge in [-0.2, -0.15) is 0 Å². The smallest absolute Gasteiger partial charge is 1.00 e. The molecule has 5 aromatic carbocycles. The van der Waals surface area contributed by atoms with Crippen LogP contribution in [-0.4, -0.2) is 92.4 Å². The minimum atomic E-state index is -1.00. The maximum absolute atomic E-state index is 10.5. The number of carbonyl (C=O) groups is 3. The van der Waals surface area contributed by atoms with Crippen LogP contribution in [0.1, 0.15) is 52.0 Å². The number of phenolic OH excluding ortho intramolecular Hbond substituents is 1. The number of hydrogen-bond donors (Lipinski definition) is 2. The van der Waals surface area contributed by atoms with Crippen molar-refractivity contribution in [3.8, 4) is 5.75 Å². The summed E-state index contributed by atoms with van der Waals surface area (Å²) in [5.74, 6) is -0.439. The molecule has 0 saturated carbocycles. The fourth-order valence-corrected chi connectivity index (χ4v) is 5.32. The van der Waals surface area contributed by atoms with Crippen molar-refractivity contribution in [2.45, 2.75) is 18.9 Å². The number of hydrogen-bond acceptors (Lipinski definition) is 21. The molecule has 0 bridgehead atoms. The van der Waals surface area contributed by atoms with E-state index in [1.54, 1.807) is 19.1 Å². The van der Waals surface area contributed by atoms with Crippen LogP contribution in [0.3, 0.4) is 0 Å². The number of halogens is 5. The van der Waals surface area contributed by atoms with Crippen molar-refractivity contribution >= 4 is 148 Å². The van der Waals surface area contributed by atoms with Crippen LogP contribution >= 0.6 is 66.4 Å². The standard InChI is InChI=1S/C8H7NO3.C7H5BrN2O4.C7H6N2O5.C7H4N2O5.C7H5NO4.CH3F.2B.Br3P.2Na.2H/c1-6-2-3-7(5-10)4-8(6)9(11)12;8-4-5-6(9(11)12)2-1-3-7(5)10(13)14;2*10-4-5-6(8(11)12)2-1-3-7(5)9(13)14;9-4-5-1-2-7(10)6(3-5)8(11)12;1-2;;;1-4(2)3;;;;/h2-5H,1H3;1-3H,4H2;1-3,10H,4H2;1-4H;1-4,10H;1H3;;;;;;;/q;;;;;;;;;2*+1;2*-1/i;;;;;1D;;;;;;;. The first-order valence-electron chi connectivity index (χ1n) is 18.5. The molecule has 39 heteroatoms. The minimum absolute atomic E-state index is 0. The van der Waals surface area contributed by atoms with Crippen molar-refractivity contribution in [3.63, 3.8) is 0 Å². The fraction of sp³-hybridized carbons (Fsp3) is 0.108. The fourth-order valence-electron chi connectivity index (χ4n) is 4.75. The average molecular weight is 1360 g/mol. The molecular formula is C37H32B2Br4FN8Na2O21P. The molecule has 0 saturated heterocycles. The molecule has 2 N–H and O–H groups in total. The Bertz CT molecular complexity index is 2620. The van der Waals surface area contributed by atoms with E-state index in [1.807, 2.05) is 0 Å². The van der Waals surface area contributed by atoms with Gasteiger partial charge >= 0.3 is 64.8 Å². The topological polar surface area (TPSA) is 437 Å². The van der Waals surface area contributed by atoms with Crippen molar-refractivity contribution in [2.24, 2.45) is 0 Å². The summed E-state index contributed by atoms with van der Waals surface area (Å²) < 4.78 is 15.3. The number of nitrogens with zero attached hydrogens (tertiary/aromatic N) is 8. The third-order valence-electron chi connectivity index (χ3n) is 7.80. The van der Waals surface area contributed by atoms with E-state index in [-0.39, 0.29) is 128 Å². The Labute approximate surface area is 511 Å². The summed E-state index contributed by atoms with van der Waals surface area (Å²) in [5.41, 5.74) is -2.61. The Morgan fingerprint density at radius 3 is 1.08 bits per heavy atom. The van der Waals surface area contributed by atoms with Crippen molar-refractivity contribution in [1.29, 1.82) is 0 Å². The predicted octanol–water partition coefficient (Wildman–Crippen LogP) is 4.99. The number of benzene rings is 5. The van der Waals surface area contributed by atoms with Gasteiger partial charge in [-0.1, -0.05) is 28.1 Å². The van der Waals surface area contributed by atoms with Gasteiger partial charge in [0.1, 0.15) is 27.7 Å². The second kappa shape index (κ2) is 43.6. The molecule has 5 rings (SSSR count). The van der Waals surface area contributed by atoms with Crippen LogP contribution in [0.5, 0.6) is 5.75 Å². The van der Waals surface area contributed by atoms with Gasteiger partial charge in [0.05, 0.1) is 54.5 Å². The molecule has 0 aliphatic carbocycles. The van der Waals surface area contributed by atoms with Crippen LogP contribution in [-0.2, 0) is 11.9 Å². The van der Waals surface area contributed by atoms with Crippen LogP contribution in [0.2, 0.25) is 0 Å². The van der Waals surface area contributed by atoms with Crippen LogP contribution in [0, 0.1) is 87.8 Å². The maximum Gasteiger partial charge on any atom is 1.00 e. The van der Waals surface area contributed by atoms with Gasteiger partial charge in [0.15, 0.2) is 17.6 Å². The molecule has 0 amide bonds. The number of nitro groups is 8. The molecule has 0 aliphatic heterocycles. The molecule has 0 unspecified atom stereocenters. The number of rotatable bonds is 13. The SMILES string of the molecule is BrP(Br)Br.Cc1ccc(C=O)cc1[N+](=O)[O-].O=Cc1c([N+](=O)[O-])cccc1[N+](=O)[O-].O=Cc1ccc(O)c([N+](=O)[O-])c1.O=[N+]([O-])c1cccc([N+](=O)[O-])c1CBr.O=[N+]([O-])c1cccc([N+](=O)[O-])c1CO.[2H]CF.[B].[B].[H-].[H-].[Na+].[Na+]. The summed E-state index contributed by atoms with van der Waals surface area (Å²) >= 11 is 12.5. The predicted molar refractivity (Wildman–Crippen MR) is 281 cm³/mol. The average Bonchev–Trinajstić information content (AvgIpc) is 3.33. The summed E-state index contributed by atoms with van der Waals surface area (Å²) in [6, 6.07) is 18.2. The van der Waals surface area contributed by atoms with Crippen LogP contribution in [0.25, 0.3) is 0 Å². The van der Waals surface area contributed by atoms with Gasteiger partial charge in [0.25, 0.3) is 39.8 Å². The third-order valence-corrected chi connectivity index (χ3v) is 8.36. The number of aldehydes is 3. The molecule has 0 spiro atoms. The Morgan fingerprint density at radius 1 is 0.539 bits per heavy atom. The van der Waals surface area contributed by atoms with Crippen molar-refractivity contribution in [3.05, 3.63) is 205 Å². The Hall–Kier alpha value is -5.52. The van der Waals surface area contributed by atoms with Gasteiger partial charge in [-0.05, 0) is 83.7 Å². The van der Waals surface area contributed by atoms with Crippen molar-refractivity contribution in [1.82, 2.24) is 0 Å². The van der Waals surface area contributed by atoms with E-state index in [4.69, 9.17) is 11.6 Å². The molecule has 0 aliphatic rings. The number of aryl methyl sites for hydroxylation is 1. The van der Waals surface area contributed by atoms with E-state index < -0.39 is 92.9 Å². The van der Waals surface area contributed by atoms with Gasteiger partial charge in [-0.3, -0.25) is 99.7 Å². The summed E-state index contributed by atoms with van der Waals surface area (Å²) in [6.45, 7) is 0.903. The van der Waals surface area contributed by atoms with E-state index in [9.17, 15) is 99.7 Å². The molecule has 0 atom stereocenters. The number of aliphatic hydroxyl groups is 1. The Kier molecular flexibility index (Phi) is 45.5. The Balaban J connectivity index is -0.000000127. The molecule has 394 valence electrons. The van der Waals surface area contributed by atoms with E-state index in [0.717, 1.165) is 42.5 Å². The number of aromatic hydroxyl groups is 1. The molecule has 5 aromatic rings. The van der Waals surface area contributed by atoms with E-state index >= 15 is 0 Å². The number of aliphatic hydroxyl groups excluding tert-OH is 1. The van der Waals surface area contributed by atoms with E-state index in [0.29, 0.717) is 23.7 Å². The Morgan fingerprint density at radius 2 is 0.816 bits per heavy atom. The number of alkyl halides is 2. The summed E-state index contributed by atoms with van der Waals surface area (Å²) in [5, 5.41) is 101. The van der Waals surface area contributed by atoms with Crippen LogP contribution < -0.4 is 59.1 Å². The molecular weight excluding hydrogens is 1330 g/mol. The monoisotopic (exact) mass is 1360 g/mol. The van der Waals surface area contributed by atoms with Crippen LogP contribution in [0.4, 0.5) is 49.9 Å². The molecule has 0 aromatic heterocycles. The zero-order valence-electron chi connectivity index (χ0n) is 41.7. The van der Waals surface area contributed by atoms with Crippen LogP contribution in [0.15, 0.2) is 91.0 Å². The van der Waals surface area contributed by atoms with Gasteiger partial charge in [0, 0.05) is 87.4 Å². The van der Waals surface area contributed by atoms with Gasteiger partial charge in [0.2, 0.25) is 0 Å². The summed E-state index contributed by atoms with van der Waals surface area (Å²) in [6.07, 6.45) is 1.18. The van der Waals surface area contributed by atoms with E-state index in [1.165, 1.54) is 36.4 Å². The molecule has 29 nitrogen and oxygen atoms in total. The normalized spacial score (nSPS) is 9.03. The number of nitro benzene ring substituents is 8. The van der Waals surface area contributed by atoms with Crippen molar-refractivity contribution in [2.75, 3.05) is 7.15 Å². The second-order valence-corrected chi connectivity index (χ2v) is 27.8. The van der Waals surface area contributed by atoms with Gasteiger partial charge < -0.3 is 13.1 Å². The first-order valence-corrected chi connectivity index (χ1v) is 26.3. The summed E-state index contributed by atoms with van der Waals surface area (Å²) in [7, 11) is -1.00. The second-order valence-electron chi connectivity index (χ2n) is 11.9. The van der Waals surface area contributed by atoms with Crippen molar-refractivity contribution < 1.29 is 132 Å². The largest absolute Gasteiger partial charge is 1.00 e. The van der Waals surface area contributed by atoms with Gasteiger partial charge in [-0.15, -0.1) is 0 Å². The number of carbonyl (C=O) groups excluding carboxylic acids is 3. The van der Waals surface area contributed by atoms with Gasteiger partial charge in [-0.25, -0.2) is 0 Å². The zero-order chi connectivity index (χ0) is 56.7. The minimum Gasteiger partial charge on any atom is -1.00 e. The first-order chi connectivity index (χ1) is 34.2. The molecule has 0 heterocycles. The number of phenols is 1. The first kappa shape index (κ1) is 79.4.